The Morgan fingerprint density at radius 1 is 1.24 bits per heavy atom. The van der Waals surface area contributed by atoms with Crippen LogP contribution in [0.15, 0.2) is 41.4 Å². The minimum absolute atomic E-state index is 0.0339. The number of thiophene rings is 1. The molecule has 4 heterocycles. The van der Waals surface area contributed by atoms with Crippen LogP contribution < -0.4 is 4.90 Å². The molecule has 7 heteroatoms. The molecule has 0 aromatic carbocycles. The van der Waals surface area contributed by atoms with Gasteiger partial charge in [-0.2, -0.15) is 11.3 Å². The van der Waals surface area contributed by atoms with Crippen LogP contribution in [0.4, 0.5) is 5.69 Å². The van der Waals surface area contributed by atoms with Crippen LogP contribution in [-0.2, 0) is 4.79 Å². The highest BCUT2D eigenvalue weighted by Crippen LogP contribution is 2.34. The van der Waals surface area contributed by atoms with Gasteiger partial charge in [-0.1, -0.05) is 0 Å². The van der Waals surface area contributed by atoms with Gasteiger partial charge in [0.2, 0.25) is 5.91 Å². The molecule has 1 atom stereocenters. The summed E-state index contributed by atoms with van der Waals surface area (Å²) in [5, 5.41) is 3.99. The maximum atomic E-state index is 12.8. The first-order valence-electron chi connectivity index (χ1n) is 8.32. The Kier molecular flexibility index (Phi) is 4.05. The van der Waals surface area contributed by atoms with Gasteiger partial charge >= 0.3 is 0 Å². The SMILES string of the molecule is CN1CC(=O)N(c2ccsc2)CC12CCN(C(=O)c1ccncc1)C2. The Morgan fingerprint density at radius 3 is 2.76 bits per heavy atom. The normalized spacial score (nSPS) is 24.3. The molecule has 2 saturated heterocycles. The largest absolute Gasteiger partial charge is 0.337 e. The van der Waals surface area contributed by atoms with Crippen LogP contribution in [-0.4, -0.2) is 65.4 Å². The third-order valence-electron chi connectivity index (χ3n) is 5.30. The van der Waals surface area contributed by atoms with Crippen molar-refractivity contribution in [2.24, 2.45) is 0 Å². The third-order valence-corrected chi connectivity index (χ3v) is 5.97. The summed E-state index contributed by atoms with van der Waals surface area (Å²) >= 11 is 1.59. The summed E-state index contributed by atoms with van der Waals surface area (Å²) in [5.41, 5.74) is 1.44. The van der Waals surface area contributed by atoms with Gasteiger partial charge in [-0.15, -0.1) is 0 Å². The lowest BCUT2D eigenvalue weighted by molar-refractivity contribution is -0.123. The summed E-state index contributed by atoms with van der Waals surface area (Å²) in [6, 6.07) is 5.48. The standard InChI is InChI=1S/C18H20N4O2S/c1-20-10-16(23)22(15-4-9-25-11-15)13-18(20)5-8-21(12-18)17(24)14-2-6-19-7-3-14/h2-4,6-7,9,11H,5,8,10,12-13H2,1H3. The van der Waals surface area contributed by atoms with Crippen molar-refractivity contribution < 1.29 is 9.59 Å². The summed E-state index contributed by atoms with van der Waals surface area (Å²) in [6.45, 7) is 2.35. The van der Waals surface area contributed by atoms with E-state index in [2.05, 4.69) is 9.88 Å². The third kappa shape index (κ3) is 2.83. The van der Waals surface area contributed by atoms with Crippen LogP contribution in [0.2, 0.25) is 0 Å². The topological polar surface area (TPSA) is 56.8 Å². The van der Waals surface area contributed by atoms with Crippen molar-refractivity contribution in [2.75, 3.05) is 38.1 Å². The molecular formula is C18H20N4O2S. The molecule has 2 amide bonds. The predicted octanol–water partition coefficient (Wildman–Crippen LogP) is 1.71. The van der Waals surface area contributed by atoms with Gasteiger partial charge in [0.05, 0.1) is 17.8 Å². The maximum absolute atomic E-state index is 12.8. The number of likely N-dealkylation sites (tertiary alicyclic amines) is 1. The van der Waals surface area contributed by atoms with E-state index in [1.165, 1.54) is 0 Å². The first-order chi connectivity index (χ1) is 12.1. The van der Waals surface area contributed by atoms with Crippen LogP contribution >= 0.6 is 11.3 Å². The van der Waals surface area contributed by atoms with Crippen molar-refractivity contribution in [1.29, 1.82) is 0 Å². The smallest absolute Gasteiger partial charge is 0.254 e. The van der Waals surface area contributed by atoms with E-state index in [1.54, 1.807) is 35.9 Å². The molecular weight excluding hydrogens is 336 g/mol. The average Bonchev–Trinajstić information content (AvgIpc) is 3.29. The average molecular weight is 356 g/mol. The molecule has 25 heavy (non-hydrogen) atoms. The quantitative estimate of drug-likeness (QED) is 0.822. The summed E-state index contributed by atoms with van der Waals surface area (Å²) in [7, 11) is 1.99. The van der Waals surface area contributed by atoms with Gasteiger partial charge in [0.25, 0.3) is 5.91 Å². The molecule has 6 nitrogen and oxygen atoms in total. The fraction of sp³-hybridized carbons (Fsp3) is 0.389. The molecule has 1 spiro atoms. The number of carbonyl (C=O) groups is 2. The second-order valence-corrected chi connectivity index (χ2v) is 7.53. The molecule has 2 aromatic rings. The van der Waals surface area contributed by atoms with Crippen LogP contribution in [0, 0.1) is 0 Å². The number of aromatic nitrogens is 1. The lowest BCUT2D eigenvalue weighted by Gasteiger charge is -2.46. The second-order valence-electron chi connectivity index (χ2n) is 6.75. The number of carbonyl (C=O) groups excluding carboxylic acids is 2. The molecule has 0 saturated carbocycles. The lowest BCUT2D eigenvalue weighted by Crippen LogP contribution is -2.64. The number of pyridine rings is 1. The Bertz CT molecular complexity index is 780. The molecule has 2 fully saturated rings. The fourth-order valence-corrected chi connectivity index (χ4v) is 4.39. The molecule has 1 unspecified atom stereocenters. The van der Waals surface area contributed by atoms with E-state index in [9.17, 15) is 9.59 Å². The van der Waals surface area contributed by atoms with Gasteiger partial charge in [0.1, 0.15) is 0 Å². The number of hydrogen-bond donors (Lipinski definition) is 0. The van der Waals surface area contributed by atoms with Gasteiger partial charge in [0.15, 0.2) is 0 Å². The molecule has 2 aliphatic rings. The van der Waals surface area contributed by atoms with Gasteiger partial charge in [-0.3, -0.25) is 19.5 Å². The second kappa shape index (κ2) is 6.24. The molecule has 0 radical (unpaired) electrons. The lowest BCUT2D eigenvalue weighted by atomic mass is 9.93. The van der Waals surface area contributed by atoms with Crippen molar-refractivity contribution in [3.05, 3.63) is 46.9 Å². The summed E-state index contributed by atoms with van der Waals surface area (Å²) in [6.07, 6.45) is 4.15. The number of hydrogen-bond acceptors (Lipinski definition) is 5. The van der Waals surface area contributed by atoms with Crippen molar-refractivity contribution >= 4 is 28.8 Å². The molecule has 130 valence electrons. The van der Waals surface area contributed by atoms with Crippen LogP contribution in [0.25, 0.3) is 0 Å². The Labute approximate surface area is 150 Å². The first-order valence-corrected chi connectivity index (χ1v) is 9.26. The maximum Gasteiger partial charge on any atom is 0.254 e. The number of likely N-dealkylation sites (N-methyl/N-ethyl adjacent to an activating group) is 1. The zero-order valence-electron chi connectivity index (χ0n) is 14.1. The highest BCUT2D eigenvalue weighted by molar-refractivity contribution is 7.08. The zero-order valence-corrected chi connectivity index (χ0v) is 14.9. The zero-order chi connectivity index (χ0) is 17.4. The number of rotatable bonds is 2. The van der Waals surface area contributed by atoms with E-state index in [0.717, 1.165) is 12.1 Å². The molecule has 0 bridgehead atoms. The number of anilines is 1. The van der Waals surface area contributed by atoms with Crippen molar-refractivity contribution in [3.8, 4) is 0 Å². The number of piperazine rings is 1. The molecule has 4 rings (SSSR count). The summed E-state index contributed by atoms with van der Waals surface area (Å²) in [4.78, 5) is 35.1. The van der Waals surface area contributed by atoms with Crippen LogP contribution in [0.3, 0.4) is 0 Å². The van der Waals surface area contributed by atoms with Gasteiger partial charge in [-0.25, -0.2) is 0 Å². The van der Waals surface area contributed by atoms with Gasteiger partial charge < -0.3 is 9.80 Å². The predicted molar refractivity (Wildman–Crippen MR) is 96.8 cm³/mol. The van der Waals surface area contributed by atoms with Gasteiger partial charge in [-0.05, 0) is 37.0 Å². The van der Waals surface area contributed by atoms with E-state index in [1.807, 2.05) is 33.7 Å². The Hall–Kier alpha value is -2.25. The molecule has 0 aliphatic carbocycles. The van der Waals surface area contributed by atoms with Crippen molar-refractivity contribution in [1.82, 2.24) is 14.8 Å². The minimum atomic E-state index is -0.182. The highest BCUT2D eigenvalue weighted by atomic mass is 32.1. The van der Waals surface area contributed by atoms with Crippen molar-refractivity contribution in [2.45, 2.75) is 12.0 Å². The van der Waals surface area contributed by atoms with E-state index in [4.69, 9.17) is 0 Å². The Morgan fingerprint density at radius 2 is 2.04 bits per heavy atom. The summed E-state index contributed by atoms with van der Waals surface area (Å²) in [5.74, 6) is 0.150. The van der Waals surface area contributed by atoms with E-state index < -0.39 is 0 Å². The van der Waals surface area contributed by atoms with Crippen LogP contribution in [0.1, 0.15) is 16.8 Å². The number of nitrogens with zero attached hydrogens (tertiary/aromatic N) is 4. The fourth-order valence-electron chi connectivity index (χ4n) is 3.75. The Balaban J connectivity index is 1.55. The molecule has 2 aliphatic heterocycles. The van der Waals surface area contributed by atoms with Crippen molar-refractivity contribution in [3.63, 3.8) is 0 Å². The van der Waals surface area contributed by atoms with Crippen LogP contribution in [0.5, 0.6) is 0 Å². The van der Waals surface area contributed by atoms with E-state index in [-0.39, 0.29) is 17.4 Å². The monoisotopic (exact) mass is 356 g/mol. The van der Waals surface area contributed by atoms with E-state index in [0.29, 0.717) is 31.7 Å². The van der Waals surface area contributed by atoms with Gasteiger partial charge in [0, 0.05) is 43.0 Å². The van der Waals surface area contributed by atoms with E-state index >= 15 is 0 Å². The molecule has 0 N–H and O–H groups in total. The highest BCUT2D eigenvalue weighted by Gasteiger charge is 2.48. The number of amides is 2. The first kappa shape index (κ1) is 16.2. The summed E-state index contributed by atoms with van der Waals surface area (Å²) < 4.78 is 0. The molecule has 2 aromatic heterocycles. The minimum Gasteiger partial charge on any atom is -0.337 e.